The number of rotatable bonds is 3. The van der Waals surface area contributed by atoms with Gasteiger partial charge in [-0.05, 0) is 18.1 Å². The van der Waals surface area contributed by atoms with Gasteiger partial charge in [-0.25, -0.2) is 0 Å². The van der Waals surface area contributed by atoms with E-state index in [1.807, 2.05) is 31.2 Å². The zero-order chi connectivity index (χ0) is 10.6. The molecule has 3 heteroatoms. The molecule has 0 unspecified atom stereocenters. The van der Waals surface area contributed by atoms with Crippen molar-refractivity contribution in [3.05, 3.63) is 35.4 Å². The molecule has 3 nitrogen and oxygen atoms in total. The number of carbonyl (C=O) groups excluding carboxylic acids is 1. The lowest BCUT2D eigenvalue weighted by atomic mass is 10.0. The van der Waals surface area contributed by atoms with E-state index in [4.69, 9.17) is 4.74 Å². The molecular formula is C11H15NO2. The SMILES string of the molecule is CNC(=O)[C@H](OC)c1ccccc1C. The molecule has 1 N–H and O–H groups in total. The number of aryl methyl sites for hydroxylation is 1. The number of likely N-dealkylation sites (N-methyl/N-ethyl adjacent to an activating group) is 1. The van der Waals surface area contributed by atoms with Crippen LogP contribution >= 0.6 is 0 Å². The van der Waals surface area contributed by atoms with Crippen LogP contribution in [-0.2, 0) is 9.53 Å². The molecule has 0 aromatic heterocycles. The minimum Gasteiger partial charge on any atom is -0.367 e. The predicted octanol–water partition coefficient (Wildman–Crippen LogP) is 1.43. The second-order valence-electron chi connectivity index (χ2n) is 3.09. The van der Waals surface area contributed by atoms with E-state index in [1.165, 1.54) is 7.11 Å². The number of hydrogen-bond donors (Lipinski definition) is 1. The van der Waals surface area contributed by atoms with Crippen molar-refractivity contribution in [2.24, 2.45) is 0 Å². The van der Waals surface area contributed by atoms with Crippen molar-refractivity contribution in [3.8, 4) is 0 Å². The second-order valence-corrected chi connectivity index (χ2v) is 3.09. The molecule has 1 rings (SSSR count). The molecule has 1 atom stereocenters. The highest BCUT2D eigenvalue weighted by Crippen LogP contribution is 2.20. The topological polar surface area (TPSA) is 38.3 Å². The van der Waals surface area contributed by atoms with Gasteiger partial charge >= 0.3 is 0 Å². The van der Waals surface area contributed by atoms with E-state index in [0.717, 1.165) is 11.1 Å². The number of nitrogens with one attached hydrogen (secondary N) is 1. The zero-order valence-electron chi connectivity index (χ0n) is 8.70. The average molecular weight is 193 g/mol. The molecule has 0 radical (unpaired) electrons. The van der Waals surface area contributed by atoms with Crippen molar-refractivity contribution in [1.29, 1.82) is 0 Å². The number of amides is 1. The number of carbonyl (C=O) groups is 1. The lowest BCUT2D eigenvalue weighted by molar-refractivity contribution is -0.130. The van der Waals surface area contributed by atoms with Gasteiger partial charge < -0.3 is 10.1 Å². The summed E-state index contributed by atoms with van der Waals surface area (Å²) in [5.74, 6) is -0.123. The van der Waals surface area contributed by atoms with Crippen LogP contribution in [0, 0.1) is 6.92 Å². The first-order chi connectivity index (χ1) is 6.70. The van der Waals surface area contributed by atoms with Crippen molar-refractivity contribution in [2.45, 2.75) is 13.0 Å². The van der Waals surface area contributed by atoms with Crippen molar-refractivity contribution in [3.63, 3.8) is 0 Å². The summed E-state index contributed by atoms with van der Waals surface area (Å²) < 4.78 is 5.16. The van der Waals surface area contributed by atoms with E-state index < -0.39 is 6.10 Å². The Balaban J connectivity index is 3.01. The summed E-state index contributed by atoms with van der Waals surface area (Å²) in [6.07, 6.45) is -0.513. The molecule has 0 saturated carbocycles. The number of hydrogen-bond acceptors (Lipinski definition) is 2. The van der Waals surface area contributed by atoms with Gasteiger partial charge in [0.1, 0.15) is 0 Å². The predicted molar refractivity (Wildman–Crippen MR) is 55.0 cm³/mol. The van der Waals surface area contributed by atoms with Gasteiger partial charge in [-0.2, -0.15) is 0 Å². The normalized spacial score (nSPS) is 12.2. The van der Waals surface area contributed by atoms with Crippen LogP contribution in [0.5, 0.6) is 0 Å². The lowest BCUT2D eigenvalue weighted by Gasteiger charge is -2.15. The Kier molecular flexibility index (Phi) is 3.65. The summed E-state index contributed by atoms with van der Waals surface area (Å²) in [5, 5.41) is 2.58. The van der Waals surface area contributed by atoms with Crippen LogP contribution in [0.1, 0.15) is 17.2 Å². The van der Waals surface area contributed by atoms with E-state index in [0.29, 0.717) is 0 Å². The van der Waals surface area contributed by atoms with Crippen molar-refractivity contribution in [1.82, 2.24) is 5.32 Å². The Bertz CT molecular complexity index is 323. The highest BCUT2D eigenvalue weighted by Gasteiger charge is 2.19. The fourth-order valence-corrected chi connectivity index (χ4v) is 1.39. The minimum absolute atomic E-state index is 0.123. The zero-order valence-corrected chi connectivity index (χ0v) is 8.70. The third kappa shape index (κ3) is 2.12. The Morgan fingerprint density at radius 1 is 1.43 bits per heavy atom. The highest BCUT2D eigenvalue weighted by molar-refractivity contribution is 5.82. The summed E-state index contributed by atoms with van der Waals surface area (Å²) in [7, 11) is 3.14. The number of benzene rings is 1. The molecule has 0 fully saturated rings. The average Bonchev–Trinajstić information content (AvgIpc) is 2.21. The van der Waals surface area contributed by atoms with Gasteiger partial charge in [0, 0.05) is 14.2 Å². The molecule has 0 bridgehead atoms. The van der Waals surface area contributed by atoms with Crippen LogP contribution in [0.4, 0.5) is 0 Å². The Labute approximate surface area is 84.1 Å². The van der Waals surface area contributed by atoms with Gasteiger partial charge in [-0.1, -0.05) is 24.3 Å². The molecule has 1 amide bonds. The molecule has 1 aromatic carbocycles. The fraction of sp³-hybridized carbons (Fsp3) is 0.364. The maximum Gasteiger partial charge on any atom is 0.253 e. The van der Waals surface area contributed by atoms with E-state index in [1.54, 1.807) is 7.05 Å². The first-order valence-electron chi connectivity index (χ1n) is 4.50. The molecule has 0 saturated heterocycles. The van der Waals surface area contributed by atoms with Gasteiger partial charge in [0.15, 0.2) is 6.10 Å². The van der Waals surface area contributed by atoms with Crippen molar-refractivity contribution >= 4 is 5.91 Å². The first kappa shape index (κ1) is 10.7. The third-order valence-electron chi connectivity index (χ3n) is 2.19. The first-order valence-corrected chi connectivity index (χ1v) is 4.50. The maximum absolute atomic E-state index is 11.5. The van der Waals surface area contributed by atoms with Crippen molar-refractivity contribution < 1.29 is 9.53 Å². The smallest absolute Gasteiger partial charge is 0.253 e. The highest BCUT2D eigenvalue weighted by atomic mass is 16.5. The summed E-state index contributed by atoms with van der Waals surface area (Å²) in [6.45, 7) is 1.96. The van der Waals surface area contributed by atoms with E-state index in [9.17, 15) is 4.79 Å². The molecule has 0 heterocycles. The van der Waals surface area contributed by atoms with Gasteiger partial charge in [0.25, 0.3) is 5.91 Å². The monoisotopic (exact) mass is 193 g/mol. The van der Waals surface area contributed by atoms with Crippen LogP contribution in [-0.4, -0.2) is 20.1 Å². The Hall–Kier alpha value is -1.35. The van der Waals surface area contributed by atoms with Gasteiger partial charge in [0.05, 0.1) is 0 Å². The molecule has 0 spiro atoms. The fourth-order valence-electron chi connectivity index (χ4n) is 1.39. The number of ether oxygens (including phenoxy) is 1. The summed E-state index contributed by atoms with van der Waals surface area (Å²) in [6, 6.07) is 7.70. The molecule has 0 aliphatic carbocycles. The van der Waals surface area contributed by atoms with Crippen LogP contribution in [0.25, 0.3) is 0 Å². The molecule has 14 heavy (non-hydrogen) atoms. The van der Waals surface area contributed by atoms with Crippen LogP contribution in [0.3, 0.4) is 0 Å². The molecule has 76 valence electrons. The van der Waals surface area contributed by atoms with Crippen molar-refractivity contribution in [2.75, 3.05) is 14.2 Å². The minimum atomic E-state index is -0.513. The summed E-state index contributed by atoms with van der Waals surface area (Å²) >= 11 is 0. The van der Waals surface area contributed by atoms with E-state index in [2.05, 4.69) is 5.32 Å². The van der Waals surface area contributed by atoms with Crippen LogP contribution < -0.4 is 5.32 Å². The van der Waals surface area contributed by atoms with E-state index >= 15 is 0 Å². The van der Waals surface area contributed by atoms with Gasteiger partial charge in [-0.15, -0.1) is 0 Å². The van der Waals surface area contributed by atoms with Crippen LogP contribution in [0.2, 0.25) is 0 Å². The lowest BCUT2D eigenvalue weighted by Crippen LogP contribution is -2.27. The second kappa shape index (κ2) is 4.77. The van der Waals surface area contributed by atoms with E-state index in [-0.39, 0.29) is 5.91 Å². The molecular weight excluding hydrogens is 178 g/mol. The maximum atomic E-state index is 11.5. The summed E-state index contributed by atoms with van der Waals surface area (Å²) in [4.78, 5) is 11.5. The molecule has 0 aliphatic heterocycles. The largest absolute Gasteiger partial charge is 0.367 e. The standard InChI is InChI=1S/C11H15NO2/c1-8-6-4-5-7-9(8)10(14-3)11(13)12-2/h4-7,10H,1-3H3,(H,12,13)/t10-/m1/s1. The summed E-state index contributed by atoms with van der Waals surface area (Å²) in [5.41, 5.74) is 1.97. The van der Waals surface area contributed by atoms with Gasteiger partial charge in [0.2, 0.25) is 0 Å². The molecule has 1 aromatic rings. The third-order valence-corrected chi connectivity index (χ3v) is 2.19. The van der Waals surface area contributed by atoms with Crippen LogP contribution in [0.15, 0.2) is 24.3 Å². The Morgan fingerprint density at radius 2 is 2.07 bits per heavy atom. The quantitative estimate of drug-likeness (QED) is 0.788. The molecule has 0 aliphatic rings. The number of methoxy groups -OCH3 is 1. The Morgan fingerprint density at radius 3 is 2.57 bits per heavy atom. The van der Waals surface area contributed by atoms with Gasteiger partial charge in [-0.3, -0.25) is 4.79 Å².